The molecule has 0 spiro atoms. The highest BCUT2D eigenvalue weighted by molar-refractivity contribution is 6.28. The van der Waals surface area contributed by atoms with E-state index in [2.05, 4.69) is 526 Å². The van der Waals surface area contributed by atoms with Crippen LogP contribution in [0.2, 0.25) is 0 Å². The molecule has 0 saturated heterocycles. The summed E-state index contributed by atoms with van der Waals surface area (Å²) in [4.78, 5) is 0. The van der Waals surface area contributed by atoms with Crippen molar-refractivity contribution < 1.29 is 0 Å². The van der Waals surface area contributed by atoms with Crippen LogP contribution in [0.15, 0.2) is 510 Å². The van der Waals surface area contributed by atoms with Gasteiger partial charge in [-0.2, -0.15) is 0 Å². The topological polar surface area (TPSA) is 36.1 Å². The number of nitrogens with one attached hydrogen (secondary N) is 3. The first-order chi connectivity index (χ1) is 64.0. The van der Waals surface area contributed by atoms with Crippen molar-refractivity contribution >= 4 is 131 Å². The number of fused-ring (bicyclic) bond motifs is 18. The van der Waals surface area contributed by atoms with Crippen LogP contribution >= 0.6 is 0 Å². The number of anilines is 6. The van der Waals surface area contributed by atoms with Crippen LogP contribution in [0.3, 0.4) is 0 Å². The van der Waals surface area contributed by atoms with Crippen LogP contribution in [-0.2, 0) is 0 Å². The van der Waals surface area contributed by atoms with Crippen LogP contribution in [0.25, 0.3) is 197 Å². The normalized spacial score (nSPS) is 11.3. The summed E-state index contributed by atoms with van der Waals surface area (Å²) in [5.74, 6) is 0. The summed E-state index contributed by atoms with van der Waals surface area (Å²) in [6.45, 7) is 0. The van der Waals surface area contributed by atoms with E-state index < -0.39 is 0 Å². The van der Waals surface area contributed by atoms with Gasteiger partial charge in [-0.1, -0.05) is 431 Å². The Morgan fingerprint density at radius 1 is 0.101 bits per heavy atom. The third-order valence-electron chi connectivity index (χ3n) is 25.4. The first-order valence-corrected chi connectivity index (χ1v) is 44.3. The molecule has 0 fully saturated rings. The van der Waals surface area contributed by atoms with Gasteiger partial charge in [-0.25, -0.2) is 0 Å². The molecular weight excluding hydrogens is 1560 g/mol. The molecule has 24 rings (SSSR count). The maximum atomic E-state index is 3.75. The molecule has 0 aliphatic rings. The number of rotatable bonds is 15. The highest BCUT2D eigenvalue weighted by Crippen LogP contribution is 2.47. The molecule has 0 radical (unpaired) electrons. The van der Waals surface area contributed by atoms with Crippen molar-refractivity contribution in [2.24, 2.45) is 0 Å². The van der Waals surface area contributed by atoms with Gasteiger partial charge in [0.05, 0.1) is 0 Å². The Bertz CT molecular complexity index is 8060. The van der Waals surface area contributed by atoms with Gasteiger partial charge in [-0.05, 0) is 259 Å². The van der Waals surface area contributed by atoms with Crippen LogP contribution in [0.5, 0.6) is 0 Å². The largest absolute Gasteiger partial charge is 0.355 e. The van der Waals surface area contributed by atoms with Gasteiger partial charge in [-0.3, -0.25) is 0 Å². The molecule has 24 aromatic rings. The van der Waals surface area contributed by atoms with Crippen molar-refractivity contribution in [2.45, 2.75) is 0 Å². The fourth-order valence-electron chi connectivity index (χ4n) is 19.0. The first kappa shape index (κ1) is 78.0. The van der Waals surface area contributed by atoms with E-state index in [1.807, 2.05) is 0 Å². The van der Waals surface area contributed by atoms with Crippen molar-refractivity contribution in [1.82, 2.24) is 0 Å². The third kappa shape index (κ3) is 15.7. The van der Waals surface area contributed by atoms with Crippen LogP contribution in [0.4, 0.5) is 34.1 Å². The molecule has 3 heteroatoms. The van der Waals surface area contributed by atoms with Crippen LogP contribution in [0.1, 0.15) is 0 Å². The average Bonchev–Trinajstić information content (AvgIpc) is 0.751. The summed E-state index contributed by atoms with van der Waals surface area (Å²) >= 11 is 0. The quantitative estimate of drug-likeness (QED) is 0.0896. The van der Waals surface area contributed by atoms with E-state index in [9.17, 15) is 0 Å². The molecule has 0 amide bonds. The summed E-state index contributed by atoms with van der Waals surface area (Å²) in [7, 11) is 0. The predicted molar refractivity (Wildman–Crippen MR) is 555 cm³/mol. The third-order valence-corrected chi connectivity index (χ3v) is 25.4. The minimum atomic E-state index is 1.06. The number of benzene rings is 24. The minimum absolute atomic E-state index is 1.06. The van der Waals surface area contributed by atoms with Crippen molar-refractivity contribution in [3.05, 3.63) is 510 Å². The van der Waals surface area contributed by atoms with Gasteiger partial charge in [0.15, 0.2) is 0 Å². The highest BCUT2D eigenvalue weighted by atomic mass is 14.9. The molecule has 0 aliphatic heterocycles. The number of hydrogen-bond acceptors (Lipinski definition) is 3. The van der Waals surface area contributed by atoms with Gasteiger partial charge in [-0.15, -0.1) is 0 Å². The second-order valence-corrected chi connectivity index (χ2v) is 33.1. The number of hydrogen-bond donors (Lipinski definition) is 3. The van der Waals surface area contributed by atoms with Gasteiger partial charge < -0.3 is 16.0 Å². The van der Waals surface area contributed by atoms with Gasteiger partial charge in [0.25, 0.3) is 0 Å². The average molecular weight is 1640 g/mol. The second kappa shape index (κ2) is 35.0. The molecular formula is C126H87N3. The van der Waals surface area contributed by atoms with E-state index in [-0.39, 0.29) is 0 Å². The molecule has 0 aromatic heterocycles. The van der Waals surface area contributed by atoms with Gasteiger partial charge in [0.1, 0.15) is 0 Å². The van der Waals surface area contributed by atoms with E-state index in [0.717, 1.165) is 34.1 Å². The van der Waals surface area contributed by atoms with Crippen LogP contribution in [0, 0.1) is 0 Å². The van der Waals surface area contributed by atoms with Gasteiger partial charge in [0.2, 0.25) is 0 Å². The Morgan fingerprint density at radius 2 is 0.341 bits per heavy atom. The zero-order valence-corrected chi connectivity index (χ0v) is 71.0. The fourth-order valence-corrected chi connectivity index (χ4v) is 19.0. The Hall–Kier alpha value is -17.0. The Kier molecular flexibility index (Phi) is 21.2. The molecule has 0 saturated carbocycles. The zero-order valence-electron chi connectivity index (χ0n) is 71.0. The summed E-state index contributed by atoms with van der Waals surface area (Å²) in [6.07, 6.45) is 0. The lowest BCUT2D eigenvalue weighted by Gasteiger charge is -2.18. The van der Waals surface area contributed by atoms with E-state index >= 15 is 0 Å². The summed E-state index contributed by atoms with van der Waals surface area (Å²) in [6, 6.07) is 183. The smallest absolute Gasteiger partial charge is 0.0470 e. The minimum Gasteiger partial charge on any atom is -0.355 e. The molecule has 0 bridgehead atoms. The lowest BCUT2D eigenvalue weighted by atomic mass is 9.89. The van der Waals surface area contributed by atoms with Crippen LogP contribution < -0.4 is 16.0 Å². The maximum absolute atomic E-state index is 3.75. The van der Waals surface area contributed by atoms with Crippen molar-refractivity contribution in [1.29, 1.82) is 0 Å². The molecule has 0 aliphatic carbocycles. The molecule has 0 unspecified atom stereocenters. The van der Waals surface area contributed by atoms with Crippen LogP contribution in [-0.4, -0.2) is 0 Å². The molecule has 3 nitrogen and oxygen atoms in total. The maximum Gasteiger partial charge on any atom is 0.0470 e. The Morgan fingerprint density at radius 3 is 0.705 bits per heavy atom. The zero-order chi connectivity index (χ0) is 85.8. The van der Waals surface area contributed by atoms with E-state index in [1.165, 1.54) is 197 Å². The summed E-state index contributed by atoms with van der Waals surface area (Å²) < 4.78 is 0. The molecule has 0 atom stereocenters. The van der Waals surface area contributed by atoms with E-state index in [1.54, 1.807) is 0 Å². The van der Waals surface area contributed by atoms with E-state index in [0.29, 0.717) is 0 Å². The predicted octanol–water partition coefficient (Wildman–Crippen LogP) is 35.7. The van der Waals surface area contributed by atoms with Crippen molar-refractivity contribution in [3.8, 4) is 100 Å². The Balaban J connectivity index is 0.000000114. The molecule has 0 heterocycles. The van der Waals surface area contributed by atoms with Crippen molar-refractivity contribution in [3.63, 3.8) is 0 Å². The SMILES string of the molecule is c1ccc(-c2ccc(Nc3cc(-c4ccc5c6ccccc6c6ccccc6c5c4)ccc3-c3ccccc3)cc2)cc1.c1ccc(-c2ccc(Nc3ccc(-c4ccc5c6ccccc6c6ccccc6c5c4)cc3-c3ccccc3)cc2)cc1.c1ccc(-c2ccc(Nc3cccc(-c4ccc5c6ccccc6c6ccccc6c5c4)c3-c3ccccc3)cc2)cc1. The fraction of sp³-hybridized carbons (Fsp3) is 0. The van der Waals surface area contributed by atoms with Gasteiger partial charge in [0, 0.05) is 50.8 Å². The molecule has 129 heavy (non-hydrogen) atoms. The molecule has 3 N–H and O–H groups in total. The Labute approximate surface area is 751 Å². The monoisotopic (exact) mass is 1640 g/mol. The molecule has 606 valence electrons. The lowest BCUT2D eigenvalue weighted by molar-refractivity contribution is 1.52. The lowest BCUT2D eigenvalue weighted by Crippen LogP contribution is -1.96. The first-order valence-electron chi connectivity index (χ1n) is 44.3. The summed E-state index contributed by atoms with van der Waals surface area (Å²) in [5, 5.41) is 34.4. The standard InChI is InChI=1S/3C42H29N/c1-3-12-29(13-4-1)30-22-25-33(26-23-30)43-41-21-11-20-34(42(41)31-14-5-2-6-15-31)32-24-27-39-37-18-8-7-16-35(37)36-17-9-10-19-38(36)40(39)28-32;1-3-11-29(12-4-1)30-19-23-34(24-20-30)43-42-28-33(21-25-35(42)31-13-5-2-6-14-31)32-22-26-40-38-17-8-7-15-36(38)37-16-9-10-18-39(37)41(40)27-32;1-3-11-29(12-4-1)30-19-23-34(24-20-30)43-42-26-22-33(27-40(42)31-13-5-2-6-14-31)32-21-25-39-37-17-8-7-15-35(37)36-16-9-10-18-38(36)41(39)28-32/h3*1-28,43H. The molecule has 24 aromatic carbocycles. The van der Waals surface area contributed by atoms with Gasteiger partial charge >= 0.3 is 0 Å². The van der Waals surface area contributed by atoms with Crippen molar-refractivity contribution in [2.75, 3.05) is 16.0 Å². The van der Waals surface area contributed by atoms with E-state index in [4.69, 9.17) is 0 Å². The summed E-state index contributed by atoms with van der Waals surface area (Å²) in [5.41, 5.74) is 28.0. The second-order valence-electron chi connectivity index (χ2n) is 33.1. The highest BCUT2D eigenvalue weighted by Gasteiger charge is 2.20.